The van der Waals surface area contributed by atoms with Crippen LogP contribution in [0.4, 0.5) is 0 Å². The number of hydrogen-bond donors (Lipinski definition) is 0. The Hall–Kier alpha value is -16.5. The topological polar surface area (TPSA) is 74.6 Å². The van der Waals surface area contributed by atoms with E-state index < -0.39 is 0 Å². The molecule has 0 saturated carbocycles. The molecule has 0 spiro atoms. The monoisotopic (exact) mass is 1850 g/mol. The number of furan rings is 1. The molecule has 0 amide bonds. The highest BCUT2D eigenvalue weighted by molar-refractivity contribution is 8.12. The van der Waals surface area contributed by atoms with E-state index in [4.69, 9.17) is 24.4 Å². The summed E-state index contributed by atoms with van der Waals surface area (Å²) in [5, 5.41) is 18.3. The van der Waals surface area contributed by atoms with Crippen molar-refractivity contribution in [2.45, 2.75) is 0 Å². The zero-order valence-corrected chi connectivity index (χ0v) is 79.6. The fraction of sp³-hybridized carbons (Fsp3) is 0.0156. The van der Waals surface area contributed by atoms with Crippen molar-refractivity contribution >= 4 is 189 Å². The van der Waals surface area contributed by atoms with Gasteiger partial charge in [0.05, 0.1) is 44.5 Å². The van der Waals surface area contributed by atoms with Crippen LogP contribution >= 0.6 is 39.2 Å². The first-order valence-corrected chi connectivity index (χ1v) is 52.3. The molecular weight excluding hydrogens is 1760 g/mol. The fourth-order valence-corrected chi connectivity index (χ4v) is 22.8. The molecule has 0 saturated heterocycles. The van der Waals surface area contributed by atoms with Crippen molar-refractivity contribution in [1.82, 2.24) is 29.1 Å². The first-order chi connectivity index (χ1) is 68.6. The minimum atomic E-state index is 0.296. The highest BCUT2D eigenvalue weighted by atomic mass is 32.1. The Morgan fingerprint density at radius 1 is 0.245 bits per heavy atom. The van der Waals surface area contributed by atoms with E-state index in [-0.39, 0.29) is 0 Å². The average molecular weight is 1850 g/mol. The lowest BCUT2D eigenvalue weighted by atomic mass is 9.93. The van der Waals surface area contributed by atoms with E-state index in [1.54, 1.807) is 6.33 Å². The lowest BCUT2D eigenvalue weighted by Crippen LogP contribution is -1.95. The van der Waals surface area contributed by atoms with Crippen LogP contribution < -0.4 is 0 Å². The summed E-state index contributed by atoms with van der Waals surface area (Å²) in [6, 6.07) is 167. The van der Waals surface area contributed by atoms with Crippen molar-refractivity contribution in [3.63, 3.8) is 0 Å². The van der Waals surface area contributed by atoms with Gasteiger partial charge < -0.3 is 13.6 Å². The molecule has 0 fully saturated rings. The van der Waals surface area contributed by atoms with E-state index in [0.717, 1.165) is 111 Å². The molecule has 7 nitrogen and oxygen atoms in total. The molecule has 0 bridgehead atoms. The second-order valence-corrected chi connectivity index (χ2v) is 42.7. The Labute approximate surface area is 814 Å². The maximum Gasteiger partial charge on any atom is 0.180 e. The zero-order chi connectivity index (χ0) is 92.5. The van der Waals surface area contributed by atoms with Gasteiger partial charge in [-0.2, -0.15) is 0 Å². The summed E-state index contributed by atoms with van der Waals surface area (Å²) < 4.78 is 16.5. The number of para-hydroxylation sites is 4. The van der Waals surface area contributed by atoms with Crippen molar-refractivity contribution in [2.75, 3.05) is 13.3 Å². The second-order valence-electron chi connectivity index (χ2n) is 35.6. The van der Waals surface area contributed by atoms with Crippen LogP contribution in [0.1, 0.15) is 0 Å². The summed E-state index contributed by atoms with van der Waals surface area (Å²) in [5.41, 5.74) is 31.4. The number of hydrogen-bond acceptors (Lipinski definition) is 7. The smallest absolute Gasteiger partial charge is 0.180 e. The third-order valence-corrected chi connectivity index (χ3v) is 29.2. The summed E-state index contributed by atoms with van der Waals surface area (Å²) in [5.74, 6) is 0. The molecule has 28 rings (SSSR count). The maximum atomic E-state index is 6.53. The summed E-state index contributed by atoms with van der Waals surface area (Å²) in [7, 11) is 3.02. The van der Waals surface area contributed by atoms with E-state index in [0.29, 0.717) is 13.2 Å². The zero-order valence-electron chi connectivity index (χ0n) is 76.0. The van der Waals surface area contributed by atoms with Crippen molar-refractivity contribution in [1.29, 1.82) is 0 Å². The number of rotatable bonds is 11. The number of benzene rings is 20. The van der Waals surface area contributed by atoms with Gasteiger partial charge in [-0.15, -0.1) is 31.6 Å². The molecular formula is C128H86N6OP2S2. The molecule has 1 unspecified atom stereocenters. The SMILES string of the molecule is CP(C)P.c1cc(-c2ccc3oc4c(-c5cccc(-c6cccc7c6sc6ccccc67)c5)ncnc4c3c2)cc(-c2cccc3c2sc2ccccc23)c1.c1ccc(-c2cc(-c3ccc4ccccc4c3)nc3c2ccc2c(-c4ccccc4)cc(-c4ccc5ccccc5c4)nc23)cc1.c1ccc(-n2c3ccccc3c3cc(-c4ccc5c(c4)c4ccccc4n5-c4ccccc4)ccc32)cc1. The van der Waals surface area contributed by atoms with Crippen LogP contribution in [0.15, 0.2) is 478 Å². The molecule has 1 atom stereocenters. The van der Waals surface area contributed by atoms with Crippen LogP contribution in [0.5, 0.6) is 0 Å². The number of pyridine rings is 2. The van der Waals surface area contributed by atoms with E-state index >= 15 is 0 Å². The Balaban J connectivity index is 0.000000109. The number of aromatic nitrogens is 6. The van der Waals surface area contributed by atoms with Crippen LogP contribution in [0.2, 0.25) is 0 Å². The first kappa shape index (κ1) is 84.3. The molecule has 11 heteroatoms. The molecule has 28 aromatic rings. The standard InChI is InChI=1S/C46H26N2OS2.C44H28N2.C36H24N2.C2H8P2/c1-3-19-40-34(13-1)36-17-7-15-32(45(36)50-40)29-10-5-9-27(23-29)28-21-22-39-38(25-28)43-44(49-39)42(47-26-48-43)31-12-6-11-30(24-31)33-16-8-18-37-35-14-2-4-20-41(35)51-46(33)37;1-3-13-31(14-4-1)39-27-41(35-21-19-29-11-7-9-17-33(29)25-35)45-43-37(39)23-24-38-40(32-15-5-2-6-16-32)28-42(46-44(38)43)36-22-20-30-12-8-10-18-34(30)26-36;1-3-11-27(12-4-1)37-33-17-9-7-15-29(33)31-23-25(19-21-35(31)37)26-20-22-36-32(24-26)30-16-8-10-18-34(30)38(36)28-13-5-2-6-14-28;1-4(2)3/h1-26H;1-28H;1-24H;3H2,1-2H3. The lowest BCUT2D eigenvalue weighted by molar-refractivity contribution is 0.667. The summed E-state index contributed by atoms with van der Waals surface area (Å²) in [6.45, 7) is 4.39. The number of nitrogens with zero attached hydrogens (tertiary/aromatic N) is 6. The molecule has 0 aliphatic rings. The molecule has 656 valence electrons. The summed E-state index contributed by atoms with van der Waals surface area (Å²) in [4.78, 5) is 20.4. The van der Waals surface area contributed by atoms with Gasteiger partial charge in [0.1, 0.15) is 23.1 Å². The van der Waals surface area contributed by atoms with Crippen molar-refractivity contribution in [2.24, 2.45) is 0 Å². The van der Waals surface area contributed by atoms with Crippen LogP contribution in [-0.4, -0.2) is 42.4 Å². The summed E-state index contributed by atoms with van der Waals surface area (Å²) in [6.07, 6.45) is 1.66. The molecule has 0 aliphatic heterocycles. The fourth-order valence-electron chi connectivity index (χ4n) is 20.3. The number of thiophene rings is 2. The normalized spacial score (nSPS) is 11.6. The van der Waals surface area contributed by atoms with Crippen LogP contribution in [0, 0.1) is 0 Å². The Bertz CT molecular complexity index is 9320. The van der Waals surface area contributed by atoms with E-state index in [9.17, 15) is 0 Å². The highest BCUT2D eigenvalue weighted by Gasteiger charge is 2.24. The van der Waals surface area contributed by atoms with Gasteiger partial charge >= 0.3 is 0 Å². The molecule has 0 aliphatic carbocycles. The van der Waals surface area contributed by atoms with Crippen LogP contribution in [0.25, 0.3) is 261 Å². The van der Waals surface area contributed by atoms with Gasteiger partial charge in [-0.3, -0.25) is 0 Å². The van der Waals surface area contributed by atoms with Crippen LogP contribution in [0.3, 0.4) is 0 Å². The van der Waals surface area contributed by atoms with Gasteiger partial charge in [-0.25, -0.2) is 19.9 Å². The van der Waals surface area contributed by atoms with Gasteiger partial charge in [0.2, 0.25) is 0 Å². The quantitative estimate of drug-likeness (QED) is 0.0953. The Morgan fingerprint density at radius 3 is 1.11 bits per heavy atom. The van der Waals surface area contributed by atoms with E-state index in [1.807, 2.05) is 22.7 Å². The van der Waals surface area contributed by atoms with E-state index in [2.05, 4.69) is 499 Å². The Morgan fingerprint density at radius 2 is 0.612 bits per heavy atom. The molecule has 0 radical (unpaired) electrons. The average Bonchev–Trinajstić information content (AvgIpc) is 1.73. The minimum absolute atomic E-state index is 0.296. The number of fused-ring (bicyclic) bond motifs is 20. The van der Waals surface area contributed by atoms with Crippen molar-refractivity contribution in [3.05, 3.63) is 473 Å². The third-order valence-electron chi connectivity index (χ3n) is 26.7. The molecule has 0 N–H and O–H groups in total. The Kier molecular flexibility index (Phi) is 21.8. The maximum absolute atomic E-state index is 6.53. The summed E-state index contributed by atoms with van der Waals surface area (Å²) >= 11 is 3.71. The third kappa shape index (κ3) is 15.6. The predicted molar refractivity (Wildman–Crippen MR) is 600 cm³/mol. The van der Waals surface area contributed by atoms with Gasteiger partial charge in [0.25, 0.3) is 0 Å². The predicted octanol–water partition coefficient (Wildman–Crippen LogP) is 36.6. The van der Waals surface area contributed by atoms with Crippen LogP contribution in [-0.2, 0) is 0 Å². The highest BCUT2D eigenvalue weighted by Crippen LogP contribution is 2.48. The van der Waals surface area contributed by atoms with Gasteiger partial charge in [-0.05, 0) is 223 Å². The minimum Gasteiger partial charge on any atom is -0.452 e. The van der Waals surface area contributed by atoms with Gasteiger partial charge in [0, 0.05) is 106 Å². The lowest BCUT2D eigenvalue weighted by Gasteiger charge is -2.16. The molecule has 20 aromatic carbocycles. The second kappa shape index (κ2) is 36.0. The van der Waals surface area contributed by atoms with Crippen molar-refractivity contribution < 1.29 is 4.42 Å². The van der Waals surface area contributed by atoms with Gasteiger partial charge in [-0.1, -0.05) is 353 Å². The molecule has 139 heavy (non-hydrogen) atoms. The molecule has 8 heterocycles. The largest absolute Gasteiger partial charge is 0.452 e. The van der Waals surface area contributed by atoms with E-state index in [1.165, 1.54) is 145 Å². The van der Waals surface area contributed by atoms with Crippen molar-refractivity contribution in [3.8, 4) is 112 Å². The van der Waals surface area contributed by atoms with Gasteiger partial charge in [0.15, 0.2) is 5.58 Å². The first-order valence-electron chi connectivity index (χ1n) is 46.8. The molecule has 8 aromatic heterocycles.